The van der Waals surface area contributed by atoms with E-state index in [9.17, 15) is 0 Å². The van der Waals surface area contributed by atoms with Gasteiger partial charge >= 0.3 is 0 Å². The van der Waals surface area contributed by atoms with Crippen LogP contribution in [0.4, 0.5) is 0 Å². The standard InChI is InChI=1S/C10H14N4OS/c1-14-4-3-7(13-14)10-12-8(6-15-2)9(5-11)16-10/h3-4H,5-6,11H2,1-2H3. The summed E-state index contributed by atoms with van der Waals surface area (Å²) >= 11 is 1.57. The molecule has 0 aliphatic carbocycles. The smallest absolute Gasteiger partial charge is 0.144 e. The first-order valence-electron chi connectivity index (χ1n) is 4.92. The molecule has 0 aromatic carbocycles. The van der Waals surface area contributed by atoms with E-state index in [1.807, 2.05) is 19.3 Å². The summed E-state index contributed by atoms with van der Waals surface area (Å²) in [6, 6.07) is 1.94. The Morgan fingerprint density at radius 2 is 2.38 bits per heavy atom. The van der Waals surface area contributed by atoms with E-state index in [-0.39, 0.29) is 0 Å². The lowest BCUT2D eigenvalue weighted by molar-refractivity contribution is 0.181. The maximum absolute atomic E-state index is 5.67. The Hall–Kier alpha value is -1.24. The summed E-state index contributed by atoms with van der Waals surface area (Å²) in [7, 11) is 3.54. The average Bonchev–Trinajstić information content (AvgIpc) is 2.85. The van der Waals surface area contributed by atoms with Crippen molar-refractivity contribution in [1.82, 2.24) is 14.8 Å². The van der Waals surface area contributed by atoms with Gasteiger partial charge in [-0.15, -0.1) is 11.3 Å². The van der Waals surface area contributed by atoms with Gasteiger partial charge in [0.15, 0.2) is 0 Å². The minimum atomic E-state index is 0.489. The number of aromatic nitrogens is 3. The maximum Gasteiger partial charge on any atom is 0.144 e. The molecule has 0 saturated carbocycles. The van der Waals surface area contributed by atoms with E-state index in [2.05, 4.69) is 10.1 Å². The number of rotatable bonds is 4. The first kappa shape index (κ1) is 11.3. The van der Waals surface area contributed by atoms with Crippen molar-refractivity contribution in [3.63, 3.8) is 0 Å². The molecule has 0 bridgehead atoms. The summed E-state index contributed by atoms with van der Waals surface area (Å²) < 4.78 is 6.85. The highest BCUT2D eigenvalue weighted by molar-refractivity contribution is 7.15. The molecule has 0 saturated heterocycles. The third-order valence-electron chi connectivity index (χ3n) is 2.18. The molecule has 86 valence electrons. The number of thiazole rings is 1. The van der Waals surface area contributed by atoms with Gasteiger partial charge in [-0.2, -0.15) is 5.10 Å². The fourth-order valence-corrected chi connectivity index (χ4v) is 2.34. The summed E-state index contributed by atoms with van der Waals surface area (Å²) in [6.45, 7) is 0.985. The van der Waals surface area contributed by atoms with Crippen LogP contribution in [0.25, 0.3) is 10.7 Å². The molecule has 2 heterocycles. The summed E-state index contributed by atoms with van der Waals surface area (Å²) in [6.07, 6.45) is 1.90. The van der Waals surface area contributed by atoms with Gasteiger partial charge in [0, 0.05) is 31.8 Å². The van der Waals surface area contributed by atoms with E-state index in [0.29, 0.717) is 13.2 Å². The van der Waals surface area contributed by atoms with Crippen molar-refractivity contribution in [2.24, 2.45) is 12.8 Å². The predicted molar refractivity (Wildman–Crippen MR) is 62.9 cm³/mol. The van der Waals surface area contributed by atoms with E-state index < -0.39 is 0 Å². The lowest BCUT2D eigenvalue weighted by atomic mass is 10.4. The Labute approximate surface area is 97.9 Å². The number of ether oxygens (including phenoxy) is 1. The minimum Gasteiger partial charge on any atom is -0.378 e. The van der Waals surface area contributed by atoms with Gasteiger partial charge in [0.05, 0.1) is 12.3 Å². The molecule has 2 aromatic heterocycles. The normalized spacial score (nSPS) is 10.9. The Morgan fingerprint density at radius 1 is 1.56 bits per heavy atom. The topological polar surface area (TPSA) is 66.0 Å². The molecule has 16 heavy (non-hydrogen) atoms. The van der Waals surface area contributed by atoms with Crippen molar-refractivity contribution in [3.05, 3.63) is 22.8 Å². The van der Waals surface area contributed by atoms with Crippen LogP contribution in [0.1, 0.15) is 10.6 Å². The highest BCUT2D eigenvalue weighted by Gasteiger charge is 2.12. The molecule has 0 fully saturated rings. The number of hydrogen-bond donors (Lipinski definition) is 1. The van der Waals surface area contributed by atoms with Crippen LogP contribution in [0.5, 0.6) is 0 Å². The molecular formula is C10H14N4OS. The predicted octanol–water partition coefficient (Wildman–Crippen LogP) is 1.15. The van der Waals surface area contributed by atoms with Crippen molar-refractivity contribution in [2.45, 2.75) is 13.2 Å². The van der Waals surface area contributed by atoms with E-state index in [1.165, 1.54) is 0 Å². The molecule has 2 rings (SSSR count). The summed E-state index contributed by atoms with van der Waals surface area (Å²) in [5, 5.41) is 5.21. The Bertz CT molecular complexity index is 477. The van der Waals surface area contributed by atoms with Gasteiger partial charge in [0.25, 0.3) is 0 Å². The first-order chi connectivity index (χ1) is 7.74. The molecule has 2 aromatic rings. The highest BCUT2D eigenvalue weighted by atomic mass is 32.1. The monoisotopic (exact) mass is 238 g/mol. The molecule has 6 heteroatoms. The maximum atomic E-state index is 5.67. The quantitative estimate of drug-likeness (QED) is 0.867. The number of nitrogens with zero attached hydrogens (tertiary/aromatic N) is 3. The van der Waals surface area contributed by atoms with Gasteiger partial charge in [-0.3, -0.25) is 4.68 Å². The van der Waals surface area contributed by atoms with Crippen LogP contribution in [0.2, 0.25) is 0 Å². The Balaban J connectivity index is 2.35. The van der Waals surface area contributed by atoms with Crippen molar-refractivity contribution >= 4 is 11.3 Å². The molecule has 0 atom stereocenters. The molecule has 5 nitrogen and oxygen atoms in total. The van der Waals surface area contributed by atoms with Crippen LogP contribution in [0.3, 0.4) is 0 Å². The van der Waals surface area contributed by atoms with Gasteiger partial charge in [-0.25, -0.2) is 4.98 Å². The Morgan fingerprint density at radius 3 is 2.94 bits per heavy atom. The zero-order chi connectivity index (χ0) is 11.5. The van der Waals surface area contributed by atoms with Crippen LogP contribution >= 0.6 is 11.3 Å². The van der Waals surface area contributed by atoms with E-state index in [4.69, 9.17) is 10.5 Å². The second-order valence-electron chi connectivity index (χ2n) is 3.40. The molecule has 0 aliphatic heterocycles. The molecular weight excluding hydrogens is 224 g/mol. The lowest BCUT2D eigenvalue weighted by Gasteiger charge is -1.95. The summed E-state index contributed by atoms with van der Waals surface area (Å²) in [4.78, 5) is 5.55. The van der Waals surface area contributed by atoms with Gasteiger partial charge in [0.2, 0.25) is 0 Å². The largest absolute Gasteiger partial charge is 0.378 e. The number of aryl methyl sites for hydroxylation is 1. The zero-order valence-electron chi connectivity index (χ0n) is 9.30. The fraction of sp³-hybridized carbons (Fsp3) is 0.400. The van der Waals surface area contributed by atoms with Gasteiger partial charge in [0.1, 0.15) is 10.7 Å². The number of hydrogen-bond acceptors (Lipinski definition) is 5. The molecule has 0 spiro atoms. The van der Waals surface area contributed by atoms with Crippen molar-refractivity contribution in [2.75, 3.05) is 7.11 Å². The van der Waals surface area contributed by atoms with Crippen LogP contribution in [-0.2, 0) is 24.9 Å². The van der Waals surface area contributed by atoms with Crippen LogP contribution < -0.4 is 5.73 Å². The van der Waals surface area contributed by atoms with Crippen LogP contribution in [-0.4, -0.2) is 21.9 Å². The van der Waals surface area contributed by atoms with Crippen molar-refractivity contribution < 1.29 is 4.74 Å². The second kappa shape index (κ2) is 4.73. The average molecular weight is 238 g/mol. The highest BCUT2D eigenvalue weighted by Crippen LogP contribution is 2.26. The number of nitrogens with two attached hydrogens (primary N) is 1. The minimum absolute atomic E-state index is 0.489. The van der Waals surface area contributed by atoms with Crippen molar-refractivity contribution in [3.8, 4) is 10.7 Å². The van der Waals surface area contributed by atoms with Crippen LogP contribution in [0, 0.1) is 0 Å². The van der Waals surface area contributed by atoms with Gasteiger partial charge in [-0.1, -0.05) is 0 Å². The van der Waals surface area contributed by atoms with E-state index >= 15 is 0 Å². The molecule has 0 unspecified atom stereocenters. The molecule has 0 amide bonds. The Kier molecular flexibility index (Phi) is 3.33. The number of methoxy groups -OCH3 is 1. The summed E-state index contributed by atoms with van der Waals surface area (Å²) in [5.74, 6) is 0. The zero-order valence-corrected chi connectivity index (χ0v) is 10.1. The third-order valence-corrected chi connectivity index (χ3v) is 3.32. The molecule has 0 radical (unpaired) electrons. The first-order valence-corrected chi connectivity index (χ1v) is 5.74. The van der Waals surface area contributed by atoms with Crippen molar-refractivity contribution in [1.29, 1.82) is 0 Å². The van der Waals surface area contributed by atoms with E-state index in [0.717, 1.165) is 21.3 Å². The summed E-state index contributed by atoms with van der Waals surface area (Å²) in [5.41, 5.74) is 7.46. The second-order valence-corrected chi connectivity index (χ2v) is 4.48. The third kappa shape index (κ3) is 2.13. The molecule has 2 N–H and O–H groups in total. The molecule has 0 aliphatic rings. The van der Waals surface area contributed by atoms with Crippen LogP contribution in [0.15, 0.2) is 12.3 Å². The SMILES string of the molecule is COCc1nc(-c2ccn(C)n2)sc1CN. The van der Waals surface area contributed by atoms with Gasteiger partial charge in [-0.05, 0) is 6.07 Å². The van der Waals surface area contributed by atoms with Gasteiger partial charge < -0.3 is 10.5 Å². The van der Waals surface area contributed by atoms with E-state index in [1.54, 1.807) is 23.1 Å². The fourth-order valence-electron chi connectivity index (χ4n) is 1.43. The lowest BCUT2D eigenvalue weighted by Crippen LogP contribution is -1.99.